The van der Waals surface area contributed by atoms with E-state index in [-0.39, 0.29) is 18.0 Å². The van der Waals surface area contributed by atoms with E-state index in [1.54, 1.807) is 0 Å². The second-order valence-electron chi connectivity index (χ2n) is 7.66. The number of benzene rings is 1. The average Bonchev–Trinajstić information content (AvgIpc) is 3.45. The highest BCUT2D eigenvalue weighted by atomic mass is 32.2. The highest BCUT2D eigenvalue weighted by Crippen LogP contribution is 2.38. The van der Waals surface area contributed by atoms with Crippen molar-refractivity contribution >= 4 is 15.7 Å². The van der Waals surface area contributed by atoms with Gasteiger partial charge in [0.15, 0.2) is 0 Å². The summed E-state index contributed by atoms with van der Waals surface area (Å²) in [7, 11) is -4.24. The van der Waals surface area contributed by atoms with Crippen molar-refractivity contribution in [2.24, 2.45) is 5.92 Å². The molecule has 2 saturated carbocycles. The average molecular weight is 404 g/mol. The fourth-order valence-corrected chi connectivity index (χ4v) is 5.43. The second kappa shape index (κ2) is 7.99. The van der Waals surface area contributed by atoms with Gasteiger partial charge < -0.3 is 5.32 Å². The number of halogens is 3. The van der Waals surface area contributed by atoms with Crippen molar-refractivity contribution < 1.29 is 21.6 Å². The van der Waals surface area contributed by atoms with Crippen molar-refractivity contribution in [2.75, 3.05) is 5.32 Å². The van der Waals surface area contributed by atoms with E-state index in [2.05, 4.69) is 10.0 Å². The number of alkyl halides is 3. The van der Waals surface area contributed by atoms with Crippen molar-refractivity contribution in [1.29, 1.82) is 0 Å². The zero-order chi connectivity index (χ0) is 19.7. The van der Waals surface area contributed by atoms with Gasteiger partial charge in [0.2, 0.25) is 10.0 Å². The third kappa shape index (κ3) is 5.16. The molecule has 3 rings (SSSR count). The fourth-order valence-electron chi connectivity index (χ4n) is 3.83. The summed E-state index contributed by atoms with van der Waals surface area (Å²) in [5.74, 6) is 0.228. The number of rotatable bonds is 7. The molecule has 1 unspecified atom stereocenters. The third-order valence-corrected chi connectivity index (χ3v) is 7.04. The minimum atomic E-state index is -4.74. The number of anilines is 1. The molecule has 152 valence electrons. The normalized spacial score (nSPS) is 20.4. The lowest BCUT2D eigenvalue weighted by Crippen LogP contribution is -2.36. The minimum absolute atomic E-state index is 0.139. The molecule has 2 fully saturated rings. The van der Waals surface area contributed by atoms with Crippen LogP contribution in [0.1, 0.15) is 63.9 Å². The minimum Gasteiger partial charge on any atom is -0.382 e. The molecule has 0 saturated heterocycles. The predicted molar refractivity (Wildman–Crippen MR) is 99.1 cm³/mol. The van der Waals surface area contributed by atoms with Crippen molar-refractivity contribution in [3.8, 4) is 0 Å². The van der Waals surface area contributed by atoms with E-state index in [0.29, 0.717) is 12.1 Å². The Morgan fingerprint density at radius 3 is 2.33 bits per heavy atom. The lowest BCUT2D eigenvalue weighted by atomic mass is 9.95. The highest BCUT2D eigenvalue weighted by molar-refractivity contribution is 7.89. The van der Waals surface area contributed by atoms with Gasteiger partial charge in [0, 0.05) is 17.8 Å². The zero-order valence-corrected chi connectivity index (χ0v) is 16.3. The van der Waals surface area contributed by atoms with Gasteiger partial charge in [-0.25, -0.2) is 13.1 Å². The molecule has 1 aromatic rings. The van der Waals surface area contributed by atoms with Crippen molar-refractivity contribution in [1.82, 2.24) is 4.72 Å². The molecular weight excluding hydrogens is 377 g/mol. The lowest BCUT2D eigenvalue weighted by Gasteiger charge is -2.25. The molecule has 0 radical (unpaired) electrons. The predicted octanol–water partition coefficient (Wildman–Crippen LogP) is 4.92. The number of hydrogen-bond acceptors (Lipinski definition) is 3. The Bertz CT molecular complexity index is 755. The van der Waals surface area contributed by atoms with Gasteiger partial charge in [-0.3, -0.25) is 0 Å². The molecule has 1 aromatic carbocycles. The van der Waals surface area contributed by atoms with Crippen LogP contribution in [0.25, 0.3) is 0 Å². The van der Waals surface area contributed by atoms with Crippen molar-refractivity contribution in [2.45, 2.75) is 81.4 Å². The lowest BCUT2D eigenvalue weighted by molar-refractivity contribution is -0.139. The van der Waals surface area contributed by atoms with E-state index in [4.69, 9.17) is 0 Å². The van der Waals surface area contributed by atoms with E-state index in [1.165, 1.54) is 6.07 Å². The summed E-state index contributed by atoms with van der Waals surface area (Å²) in [4.78, 5) is -0.691. The Labute approximate surface area is 159 Å². The maximum absolute atomic E-state index is 13.6. The first-order chi connectivity index (χ1) is 12.7. The molecule has 4 nitrogen and oxygen atoms in total. The highest BCUT2D eigenvalue weighted by Gasteiger charge is 2.39. The number of sulfonamides is 1. The van der Waals surface area contributed by atoms with Crippen LogP contribution >= 0.6 is 0 Å². The maximum atomic E-state index is 13.6. The summed E-state index contributed by atoms with van der Waals surface area (Å²) in [6.45, 7) is 1.84. The first kappa shape index (κ1) is 20.5. The Morgan fingerprint density at radius 2 is 1.78 bits per heavy atom. The molecule has 1 atom stereocenters. The van der Waals surface area contributed by atoms with Gasteiger partial charge in [-0.05, 0) is 56.2 Å². The Morgan fingerprint density at radius 1 is 1.11 bits per heavy atom. The topological polar surface area (TPSA) is 58.2 Å². The smallest absolute Gasteiger partial charge is 0.382 e. The molecule has 0 aromatic heterocycles. The molecule has 0 heterocycles. The molecule has 0 spiro atoms. The van der Waals surface area contributed by atoms with E-state index in [0.717, 1.165) is 57.1 Å². The zero-order valence-electron chi connectivity index (χ0n) is 15.5. The largest absolute Gasteiger partial charge is 0.417 e. The fraction of sp³-hybridized carbons (Fsp3) is 0.684. The molecule has 27 heavy (non-hydrogen) atoms. The first-order valence-corrected chi connectivity index (χ1v) is 11.2. The Balaban J connectivity index is 1.87. The molecule has 2 aliphatic rings. The van der Waals surface area contributed by atoms with Gasteiger partial charge >= 0.3 is 6.18 Å². The van der Waals surface area contributed by atoms with Crippen LogP contribution in [-0.4, -0.2) is 20.5 Å². The van der Waals surface area contributed by atoms with Gasteiger partial charge in [-0.1, -0.05) is 26.2 Å². The summed E-state index contributed by atoms with van der Waals surface area (Å²) >= 11 is 0. The molecule has 2 N–H and O–H groups in total. The van der Waals surface area contributed by atoms with E-state index >= 15 is 0 Å². The monoisotopic (exact) mass is 404 g/mol. The standard InChI is InChI=1S/C19H27F3N2O2S/c1-2-17(13-8-9-13)24-27(25,26)18-11-10-15(12-16(18)19(20,21)22)23-14-6-4-3-5-7-14/h10-14,17,23-24H,2-9H2,1H3. The number of nitrogens with one attached hydrogen (secondary N) is 2. The van der Waals surface area contributed by atoms with Gasteiger partial charge in [-0.15, -0.1) is 0 Å². The van der Waals surface area contributed by atoms with Crippen LogP contribution in [0, 0.1) is 5.92 Å². The van der Waals surface area contributed by atoms with Gasteiger partial charge in [0.25, 0.3) is 0 Å². The summed E-state index contributed by atoms with van der Waals surface area (Å²) in [6.07, 6.45) is 2.75. The second-order valence-corrected chi connectivity index (χ2v) is 9.34. The first-order valence-electron chi connectivity index (χ1n) is 9.71. The summed E-state index contributed by atoms with van der Waals surface area (Å²) in [5, 5.41) is 3.14. The molecule has 0 bridgehead atoms. The van der Waals surface area contributed by atoms with Crippen LogP contribution in [0.15, 0.2) is 23.1 Å². The summed E-state index contributed by atoms with van der Waals surface area (Å²) in [6, 6.07) is 3.28. The third-order valence-electron chi connectivity index (χ3n) is 5.49. The molecule has 8 heteroatoms. The van der Waals surface area contributed by atoms with E-state index < -0.39 is 26.7 Å². The van der Waals surface area contributed by atoms with Crippen molar-refractivity contribution in [3.63, 3.8) is 0 Å². The van der Waals surface area contributed by atoms with Crippen molar-refractivity contribution in [3.05, 3.63) is 23.8 Å². The molecular formula is C19H27F3N2O2S. The summed E-state index contributed by atoms with van der Waals surface area (Å²) in [5.41, 5.74) is -0.788. The molecule has 2 aliphatic carbocycles. The van der Waals surface area contributed by atoms with Crippen LogP contribution < -0.4 is 10.0 Å². The Kier molecular flexibility index (Phi) is 6.05. The van der Waals surface area contributed by atoms with Crippen LogP contribution in [0.2, 0.25) is 0 Å². The van der Waals surface area contributed by atoms with E-state index in [1.807, 2.05) is 6.92 Å². The van der Waals surface area contributed by atoms with Gasteiger partial charge in [0.05, 0.1) is 10.5 Å². The Hall–Kier alpha value is -1.28. The van der Waals surface area contributed by atoms with Crippen LogP contribution in [0.5, 0.6) is 0 Å². The van der Waals surface area contributed by atoms with Crippen LogP contribution in [0.3, 0.4) is 0 Å². The quantitative estimate of drug-likeness (QED) is 0.678. The van der Waals surface area contributed by atoms with E-state index in [9.17, 15) is 21.6 Å². The molecule has 0 aliphatic heterocycles. The molecule has 0 amide bonds. The summed E-state index contributed by atoms with van der Waals surface area (Å²) < 4.78 is 68.7. The SMILES string of the molecule is CCC(NS(=O)(=O)c1ccc(NC2CCCCC2)cc1C(F)(F)F)C1CC1. The number of hydrogen-bond donors (Lipinski definition) is 2. The van der Waals surface area contributed by atoms with Gasteiger partial charge in [-0.2, -0.15) is 13.2 Å². The van der Waals surface area contributed by atoms with Crippen LogP contribution in [-0.2, 0) is 16.2 Å². The van der Waals surface area contributed by atoms with Crippen LogP contribution in [0.4, 0.5) is 18.9 Å². The van der Waals surface area contributed by atoms with Gasteiger partial charge in [0.1, 0.15) is 0 Å². The maximum Gasteiger partial charge on any atom is 0.417 e.